The van der Waals surface area contributed by atoms with Crippen LogP contribution in [0.5, 0.6) is 0 Å². The van der Waals surface area contributed by atoms with E-state index in [1.807, 2.05) is 24.1 Å². The fraction of sp³-hybridized carbons (Fsp3) is 0.538. The van der Waals surface area contributed by atoms with E-state index in [1.165, 1.54) is 12.1 Å². The Kier molecular flexibility index (Phi) is 4.83. The third-order valence-corrected chi connectivity index (χ3v) is 4.07. The van der Waals surface area contributed by atoms with Gasteiger partial charge in [-0.05, 0) is 37.6 Å². The van der Waals surface area contributed by atoms with Crippen LogP contribution in [0.2, 0.25) is 0 Å². The van der Waals surface area contributed by atoms with Gasteiger partial charge in [-0.15, -0.1) is 0 Å². The van der Waals surface area contributed by atoms with Crippen molar-refractivity contribution in [3.63, 3.8) is 0 Å². The van der Waals surface area contributed by atoms with E-state index in [-0.39, 0.29) is 5.82 Å². The maximum Gasteiger partial charge on any atom is 0.123 e. The first-order valence-electron chi connectivity index (χ1n) is 5.94. The molecule has 1 saturated heterocycles. The van der Waals surface area contributed by atoms with Crippen molar-refractivity contribution in [1.29, 1.82) is 0 Å². The van der Waals surface area contributed by atoms with Gasteiger partial charge >= 0.3 is 0 Å². The summed E-state index contributed by atoms with van der Waals surface area (Å²) in [5, 5.41) is 0.661. The van der Waals surface area contributed by atoms with Gasteiger partial charge in [-0.3, -0.25) is 0 Å². The van der Waals surface area contributed by atoms with E-state index in [1.54, 1.807) is 0 Å². The van der Waals surface area contributed by atoms with Crippen molar-refractivity contribution >= 4 is 11.9 Å². The third-order valence-electron chi connectivity index (χ3n) is 2.82. The number of hydrogen-bond acceptors (Lipinski definition) is 3. The first-order chi connectivity index (χ1) is 8.24. The van der Waals surface area contributed by atoms with Crippen molar-refractivity contribution in [2.75, 3.05) is 20.3 Å². The van der Waals surface area contributed by atoms with E-state index in [0.29, 0.717) is 5.25 Å². The summed E-state index contributed by atoms with van der Waals surface area (Å²) in [4.78, 5) is 0. The molecule has 0 N–H and O–H groups in total. The SMILES string of the molecule is CN(Cc1ccc(F)cc1)SC1CCOCC1. The lowest BCUT2D eigenvalue weighted by Gasteiger charge is -2.26. The molecule has 0 saturated carbocycles. The van der Waals surface area contributed by atoms with Gasteiger partial charge in [-0.1, -0.05) is 24.1 Å². The van der Waals surface area contributed by atoms with Crippen LogP contribution in [-0.4, -0.2) is 29.8 Å². The van der Waals surface area contributed by atoms with Crippen molar-refractivity contribution in [3.05, 3.63) is 35.6 Å². The number of hydrogen-bond donors (Lipinski definition) is 0. The summed E-state index contributed by atoms with van der Waals surface area (Å²) in [5.74, 6) is -0.173. The molecule has 0 unspecified atom stereocenters. The molecule has 1 heterocycles. The fourth-order valence-electron chi connectivity index (χ4n) is 1.92. The summed E-state index contributed by atoms with van der Waals surface area (Å²) < 4.78 is 20.3. The van der Waals surface area contributed by atoms with Gasteiger partial charge in [0.15, 0.2) is 0 Å². The van der Waals surface area contributed by atoms with Crippen molar-refractivity contribution < 1.29 is 9.13 Å². The Balaban J connectivity index is 1.79. The molecule has 2 nitrogen and oxygen atoms in total. The maximum atomic E-state index is 12.8. The Morgan fingerprint density at radius 3 is 2.59 bits per heavy atom. The normalized spacial score (nSPS) is 17.6. The van der Waals surface area contributed by atoms with E-state index in [0.717, 1.165) is 38.2 Å². The standard InChI is InChI=1S/C13H18FNOS/c1-15(17-13-6-8-16-9-7-13)10-11-2-4-12(14)5-3-11/h2-5,13H,6-10H2,1H3. The van der Waals surface area contributed by atoms with Crippen molar-refractivity contribution in [2.45, 2.75) is 24.6 Å². The van der Waals surface area contributed by atoms with Gasteiger partial charge in [0.1, 0.15) is 5.82 Å². The lowest BCUT2D eigenvalue weighted by molar-refractivity contribution is 0.0995. The van der Waals surface area contributed by atoms with Crippen molar-refractivity contribution in [1.82, 2.24) is 4.31 Å². The molecule has 0 aromatic heterocycles. The number of rotatable bonds is 4. The highest BCUT2D eigenvalue weighted by Gasteiger charge is 2.16. The second-order valence-electron chi connectivity index (χ2n) is 4.33. The molecule has 4 heteroatoms. The van der Waals surface area contributed by atoms with Gasteiger partial charge in [-0.2, -0.15) is 0 Å². The number of halogens is 1. The first-order valence-corrected chi connectivity index (χ1v) is 6.78. The summed E-state index contributed by atoms with van der Waals surface area (Å²) in [7, 11) is 2.09. The summed E-state index contributed by atoms with van der Waals surface area (Å²) in [6.45, 7) is 2.60. The van der Waals surface area contributed by atoms with Crippen LogP contribution in [0.1, 0.15) is 18.4 Å². The first kappa shape index (κ1) is 12.9. The van der Waals surface area contributed by atoms with Gasteiger partial charge in [-0.25, -0.2) is 8.70 Å². The summed E-state index contributed by atoms with van der Waals surface area (Å²) in [6.07, 6.45) is 2.25. The molecule has 0 atom stereocenters. The smallest absolute Gasteiger partial charge is 0.123 e. The Morgan fingerprint density at radius 2 is 1.94 bits per heavy atom. The lowest BCUT2D eigenvalue weighted by Crippen LogP contribution is -2.22. The maximum absolute atomic E-state index is 12.8. The predicted octanol–water partition coefficient (Wildman–Crippen LogP) is 3.08. The molecule has 94 valence electrons. The van der Waals surface area contributed by atoms with Gasteiger partial charge in [0.05, 0.1) is 0 Å². The van der Waals surface area contributed by atoms with E-state index in [4.69, 9.17) is 4.74 Å². The Hall–Kier alpha value is -0.580. The molecular formula is C13H18FNOS. The molecule has 1 aromatic carbocycles. The fourth-order valence-corrected chi connectivity index (χ4v) is 3.06. The number of benzene rings is 1. The summed E-state index contributed by atoms with van der Waals surface area (Å²) in [5.41, 5.74) is 1.15. The molecule has 17 heavy (non-hydrogen) atoms. The predicted molar refractivity (Wildman–Crippen MR) is 69.3 cm³/mol. The van der Waals surface area contributed by atoms with Crippen LogP contribution < -0.4 is 0 Å². The van der Waals surface area contributed by atoms with Crippen molar-refractivity contribution in [2.24, 2.45) is 0 Å². The molecule has 1 aliphatic heterocycles. The van der Waals surface area contributed by atoms with Gasteiger partial charge < -0.3 is 4.74 Å². The molecule has 0 aliphatic carbocycles. The minimum absolute atomic E-state index is 0.173. The number of ether oxygens (including phenoxy) is 1. The van der Waals surface area contributed by atoms with Gasteiger partial charge in [0, 0.05) is 25.0 Å². The number of nitrogens with zero attached hydrogens (tertiary/aromatic N) is 1. The van der Waals surface area contributed by atoms with Crippen LogP contribution in [0.25, 0.3) is 0 Å². The average Bonchev–Trinajstić information content (AvgIpc) is 2.33. The highest BCUT2D eigenvalue weighted by Crippen LogP contribution is 2.25. The lowest BCUT2D eigenvalue weighted by atomic mass is 10.2. The molecule has 1 fully saturated rings. The Morgan fingerprint density at radius 1 is 1.29 bits per heavy atom. The van der Waals surface area contributed by atoms with E-state index < -0.39 is 0 Å². The molecule has 0 amide bonds. The summed E-state index contributed by atoms with van der Waals surface area (Å²) in [6, 6.07) is 6.72. The average molecular weight is 255 g/mol. The van der Waals surface area contributed by atoms with E-state index in [2.05, 4.69) is 11.4 Å². The second kappa shape index (κ2) is 6.38. The Bertz CT molecular complexity index is 338. The second-order valence-corrected chi connectivity index (χ2v) is 5.83. The molecular weight excluding hydrogens is 237 g/mol. The highest BCUT2D eigenvalue weighted by atomic mass is 32.2. The largest absolute Gasteiger partial charge is 0.381 e. The van der Waals surface area contributed by atoms with Gasteiger partial charge in [0.25, 0.3) is 0 Å². The van der Waals surface area contributed by atoms with Crippen LogP contribution in [0.4, 0.5) is 4.39 Å². The van der Waals surface area contributed by atoms with Crippen LogP contribution in [0.15, 0.2) is 24.3 Å². The molecule has 1 aromatic rings. The zero-order chi connectivity index (χ0) is 12.1. The van der Waals surface area contributed by atoms with Crippen LogP contribution in [-0.2, 0) is 11.3 Å². The minimum Gasteiger partial charge on any atom is -0.381 e. The topological polar surface area (TPSA) is 12.5 Å². The van der Waals surface area contributed by atoms with E-state index in [9.17, 15) is 4.39 Å². The van der Waals surface area contributed by atoms with Gasteiger partial charge in [0.2, 0.25) is 0 Å². The molecule has 0 radical (unpaired) electrons. The van der Waals surface area contributed by atoms with Crippen LogP contribution in [0.3, 0.4) is 0 Å². The molecule has 0 bridgehead atoms. The molecule has 2 rings (SSSR count). The Labute approximate surface area is 106 Å². The van der Waals surface area contributed by atoms with Crippen LogP contribution in [0, 0.1) is 5.82 Å². The minimum atomic E-state index is -0.173. The zero-order valence-corrected chi connectivity index (χ0v) is 10.9. The zero-order valence-electron chi connectivity index (χ0n) is 10.1. The quantitative estimate of drug-likeness (QED) is 0.767. The van der Waals surface area contributed by atoms with Crippen LogP contribution >= 0.6 is 11.9 Å². The highest BCUT2D eigenvalue weighted by molar-refractivity contribution is 7.97. The molecule has 1 aliphatic rings. The van der Waals surface area contributed by atoms with E-state index >= 15 is 0 Å². The molecule has 0 spiro atoms. The van der Waals surface area contributed by atoms with Crippen molar-refractivity contribution in [3.8, 4) is 0 Å². The third kappa shape index (κ3) is 4.30. The monoisotopic (exact) mass is 255 g/mol. The summed E-state index contributed by atoms with van der Waals surface area (Å²) >= 11 is 1.88.